The molecule has 0 amide bonds. The third-order valence-electron chi connectivity index (χ3n) is 4.40. The van der Waals surface area contributed by atoms with Crippen LogP contribution in [0, 0.1) is 0 Å². The molecule has 0 aliphatic carbocycles. The summed E-state index contributed by atoms with van der Waals surface area (Å²) in [6, 6.07) is 9.96. The molecule has 6 nitrogen and oxygen atoms in total. The maximum Gasteiger partial charge on any atom is 0.339 e. The highest BCUT2D eigenvalue weighted by atomic mass is 32.2. The van der Waals surface area contributed by atoms with E-state index in [1.54, 1.807) is 12.1 Å². The highest BCUT2D eigenvalue weighted by Crippen LogP contribution is 2.37. The Morgan fingerprint density at radius 2 is 1.74 bits per heavy atom. The van der Waals surface area contributed by atoms with Crippen molar-refractivity contribution in [2.45, 2.75) is 36.8 Å². The average Bonchev–Trinajstić information content (AvgIpc) is 2.66. The summed E-state index contributed by atoms with van der Waals surface area (Å²) in [5.41, 5.74) is 1.62. The monoisotopic (exact) mass is 390 g/mol. The summed E-state index contributed by atoms with van der Waals surface area (Å²) in [4.78, 5) is 11.4. The number of fused-ring (bicyclic) bond motifs is 1. The number of hydrogen-bond donors (Lipinski definition) is 1. The van der Waals surface area contributed by atoms with E-state index in [4.69, 9.17) is 9.47 Å². The third kappa shape index (κ3) is 4.42. The predicted octanol–water partition coefficient (Wildman–Crippen LogP) is 3.47. The minimum Gasteiger partial charge on any atom is -0.486 e. The minimum atomic E-state index is -3.73. The lowest BCUT2D eigenvalue weighted by molar-refractivity contribution is 0.0685. The molecule has 0 aromatic heterocycles. The lowest BCUT2D eigenvalue weighted by Crippen LogP contribution is -2.19. The van der Waals surface area contributed by atoms with Crippen molar-refractivity contribution >= 4 is 15.8 Å². The van der Waals surface area contributed by atoms with Gasteiger partial charge in [0.2, 0.25) is 0 Å². The molecular formula is C20H22O6S. The molecule has 0 spiro atoms. The zero-order chi connectivity index (χ0) is 19.4. The largest absolute Gasteiger partial charge is 0.486 e. The van der Waals surface area contributed by atoms with E-state index < -0.39 is 15.8 Å². The van der Waals surface area contributed by atoms with Crippen LogP contribution in [0.25, 0.3) is 0 Å². The summed E-state index contributed by atoms with van der Waals surface area (Å²) in [6.07, 6.45) is 3.16. The van der Waals surface area contributed by atoms with Crippen molar-refractivity contribution in [2.24, 2.45) is 0 Å². The molecule has 1 N–H and O–H groups in total. The highest BCUT2D eigenvalue weighted by molar-refractivity contribution is 7.90. The summed E-state index contributed by atoms with van der Waals surface area (Å²) in [5, 5.41) is 9.39. The summed E-state index contributed by atoms with van der Waals surface area (Å²) >= 11 is 0. The molecule has 0 saturated carbocycles. The van der Waals surface area contributed by atoms with Crippen LogP contribution in [0.15, 0.2) is 41.3 Å². The first kappa shape index (κ1) is 19.2. The molecular weight excluding hydrogens is 368 g/mol. The molecule has 2 aromatic rings. The van der Waals surface area contributed by atoms with Crippen LogP contribution in [-0.2, 0) is 22.0 Å². The lowest BCUT2D eigenvalue weighted by Gasteiger charge is -2.21. The van der Waals surface area contributed by atoms with Crippen LogP contribution in [0.2, 0.25) is 0 Å². The Bertz CT molecular complexity index is 932. The van der Waals surface area contributed by atoms with Crippen molar-refractivity contribution in [3.63, 3.8) is 0 Å². The van der Waals surface area contributed by atoms with Crippen LogP contribution in [0.5, 0.6) is 11.5 Å². The summed E-state index contributed by atoms with van der Waals surface area (Å²) in [5.74, 6) is -1.24. The first-order valence-electron chi connectivity index (χ1n) is 8.88. The fourth-order valence-corrected chi connectivity index (χ4v) is 4.33. The summed E-state index contributed by atoms with van der Waals surface area (Å²) in [6.45, 7) is 2.60. The first-order valence-corrected chi connectivity index (χ1v) is 10.5. The van der Waals surface area contributed by atoms with Crippen molar-refractivity contribution in [1.29, 1.82) is 0 Å². The molecule has 0 unspecified atom stereocenters. The molecule has 1 heterocycles. The Balaban J connectivity index is 1.88. The molecule has 0 radical (unpaired) electrons. The standard InChI is InChI=1S/C20H22O6S/c1-2-3-4-14-5-7-15(8-6-14)13-27(23,24)16-11-17(20(21)22)19-18(12-16)25-9-10-26-19/h5-8,11-12H,2-4,9-10,13H2,1H3,(H,21,22). The molecule has 7 heteroatoms. The summed E-state index contributed by atoms with van der Waals surface area (Å²) in [7, 11) is -3.73. The fourth-order valence-electron chi connectivity index (χ4n) is 2.95. The SMILES string of the molecule is CCCCc1ccc(CS(=O)(=O)c2cc3c(c(C(=O)O)c2)OCCO3)cc1. The van der Waals surface area contributed by atoms with Crippen LogP contribution in [0.3, 0.4) is 0 Å². The minimum absolute atomic E-state index is 0.0768. The van der Waals surface area contributed by atoms with Crippen LogP contribution in [0.1, 0.15) is 41.3 Å². The van der Waals surface area contributed by atoms with Crippen LogP contribution in [-0.4, -0.2) is 32.7 Å². The van der Waals surface area contributed by atoms with E-state index in [2.05, 4.69) is 6.92 Å². The van der Waals surface area contributed by atoms with Gasteiger partial charge in [-0.05, 0) is 30.0 Å². The van der Waals surface area contributed by atoms with Crippen LogP contribution >= 0.6 is 0 Å². The van der Waals surface area contributed by atoms with Crippen molar-refractivity contribution in [3.8, 4) is 11.5 Å². The Labute approximate surface area is 158 Å². The topological polar surface area (TPSA) is 89.9 Å². The molecule has 144 valence electrons. The van der Waals surface area contributed by atoms with Crippen molar-refractivity contribution < 1.29 is 27.8 Å². The lowest BCUT2D eigenvalue weighted by atomic mass is 10.1. The first-order chi connectivity index (χ1) is 12.9. The molecule has 1 aliphatic rings. The second-order valence-corrected chi connectivity index (χ2v) is 8.47. The Kier molecular flexibility index (Phi) is 5.70. The fraction of sp³-hybridized carbons (Fsp3) is 0.350. The van der Waals surface area contributed by atoms with Crippen molar-refractivity contribution in [2.75, 3.05) is 13.2 Å². The van der Waals surface area contributed by atoms with Gasteiger partial charge in [-0.1, -0.05) is 37.6 Å². The zero-order valence-corrected chi connectivity index (χ0v) is 15.9. The molecule has 0 saturated heterocycles. The van der Waals surface area contributed by atoms with Gasteiger partial charge in [-0.3, -0.25) is 0 Å². The number of carboxylic acid groups (broad SMARTS) is 1. The van der Waals surface area contributed by atoms with E-state index >= 15 is 0 Å². The number of aromatic carboxylic acids is 1. The second-order valence-electron chi connectivity index (χ2n) is 6.48. The van der Waals surface area contributed by atoms with Gasteiger partial charge in [0.1, 0.15) is 18.8 Å². The van der Waals surface area contributed by atoms with Gasteiger partial charge in [-0.2, -0.15) is 0 Å². The molecule has 3 rings (SSSR count). The number of aryl methyl sites for hydroxylation is 1. The molecule has 0 atom stereocenters. The molecule has 2 aromatic carbocycles. The third-order valence-corrected chi connectivity index (χ3v) is 6.07. The van der Waals surface area contributed by atoms with E-state index in [1.807, 2.05) is 12.1 Å². The number of sulfone groups is 1. The summed E-state index contributed by atoms with van der Waals surface area (Å²) < 4.78 is 36.4. The number of unbranched alkanes of at least 4 members (excludes halogenated alkanes) is 1. The van der Waals surface area contributed by atoms with Gasteiger partial charge < -0.3 is 14.6 Å². The van der Waals surface area contributed by atoms with E-state index in [1.165, 1.54) is 11.6 Å². The van der Waals surface area contributed by atoms with Gasteiger partial charge in [-0.15, -0.1) is 0 Å². The maximum atomic E-state index is 12.8. The normalized spacial score (nSPS) is 13.4. The number of carboxylic acids is 1. The number of rotatable bonds is 7. The smallest absolute Gasteiger partial charge is 0.339 e. The Hall–Kier alpha value is -2.54. The van der Waals surface area contributed by atoms with Gasteiger partial charge in [0, 0.05) is 6.07 Å². The number of carbonyl (C=O) groups is 1. The van der Waals surface area contributed by atoms with Gasteiger partial charge in [0.15, 0.2) is 21.3 Å². The van der Waals surface area contributed by atoms with E-state index in [9.17, 15) is 18.3 Å². The Morgan fingerprint density at radius 1 is 1.07 bits per heavy atom. The molecule has 27 heavy (non-hydrogen) atoms. The molecule has 0 bridgehead atoms. The Morgan fingerprint density at radius 3 is 2.41 bits per heavy atom. The van der Waals surface area contributed by atoms with Crippen LogP contribution in [0.4, 0.5) is 0 Å². The molecule has 1 aliphatic heterocycles. The van der Waals surface area contributed by atoms with E-state index in [0.29, 0.717) is 5.56 Å². The number of hydrogen-bond acceptors (Lipinski definition) is 5. The van der Waals surface area contributed by atoms with Gasteiger partial charge in [0.05, 0.1) is 10.6 Å². The van der Waals surface area contributed by atoms with E-state index in [-0.39, 0.29) is 40.9 Å². The zero-order valence-electron chi connectivity index (χ0n) is 15.1. The maximum absolute atomic E-state index is 12.8. The van der Waals surface area contributed by atoms with Crippen molar-refractivity contribution in [3.05, 3.63) is 53.1 Å². The van der Waals surface area contributed by atoms with Crippen LogP contribution < -0.4 is 9.47 Å². The van der Waals surface area contributed by atoms with Gasteiger partial charge in [-0.25, -0.2) is 13.2 Å². The second kappa shape index (κ2) is 8.00. The van der Waals surface area contributed by atoms with E-state index in [0.717, 1.165) is 25.3 Å². The van der Waals surface area contributed by atoms with Gasteiger partial charge >= 0.3 is 5.97 Å². The number of benzene rings is 2. The average molecular weight is 390 g/mol. The highest BCUT2D eigenvalue weighted by Gasteiger charge is 2.26. The molecule has 0 fully saturated rings. The predicted molar refractivity (Wildman–Crippen MR) is 100 cm³/mol. The van der Waals surface area contributed by atoms with Gasteiger partial charge in [0.25, 0.3) is 0 Å². The number of ether oxygens (including phenoxy) is 2. The van der Waals surface area contributed by atoms with Crippen molar-refractivity contribution in [1.82, 2.24) is 0 Å². The quantitative estimate of drug-likeness (QED) is 0.779.